The van der Waals surface area contributed by atoms with Crippen LogP contribution < -0.4 is 5.43 Å². The van der Waals surface area contributed by atoms with E-state index in [0.29, 0.717) is 18.7 Å². The van der Waals surface area contributed by atoms with Gasteiger partial charge in [-0.2, -0.15) is 0 Å². The van der Waals surface area contributed by atoms with Gasteiger partial charge in [0.1, 0.15) is 10.6 Å². The van der Waals surface area contributed by atoms with Crippen molar-refractivity contribution in [3.63, 3.8) is 0 Å². The number of rotatable bonds is 7. The average Bonchev–Trinajstić information content (AvgIpc) is 3.37. The number of hydrogen-bond acceptors (Lipinski definition) is 5. The van der Waals surface area contributed by atoms with E-state index in [1.165, 1.54) is 11.3 Å². The van der Waals surface area contributed by atoms with Gasteiger partial charge < -0.3 is 9.47 Å². The first-order chi connectivity index (χ1) is 16.4. The Morgan fingerprint density at radius 2 is 1.85 bits per heavy atom. The van der Waals surface area contributed by atoms with Gasteiger partial charge in [0.2, 0.25) is 0 Å². The third-order valence-electron chi connectivity index (χ3n) is 6.22. The second-order valence-corrected chi connectivity index (χ2v) is 9.37. The van der Waals surface area contributed by atoms with E-state index < -0.39 is 0 Å². The summed E-state index contributed by atoms with van der Waals surface area (Å²) in [6, 6.07) is 15.1. The highest BCUT2D eigenvalue weighted by atomic mass is 32.1. The van der Waals surface area contributed by atoms with Crippen molar-refractivity contribution in [1.29, 1.82) is 0 Å². The van der Waals surface area contributed by atoms with Gasteiger partial charge in [0.25, 0.3) is 5.91 Å². The van der Waals surface area contributed by atoms with Crippen LogP contribution in [0.15, 0.2) is 71.1 Å². The van der Waals surface area contributed by atoms with Crippen LogP contribution in [0, 0.1) is 13.8 Å². The molecule has 34 heavy (non-hydrogen) atoms. The van der Waals surface area contributed by atoms with Crippen LogP contribution in [0.2, 0.25) is 0 Å². The molecule has 0 saturated heterocycles. The van der Waals surface area contributed by atoms with E-state index in [0.717, 1.165) is 27.5 Å². The molecule has 0 aliphatic carbocycles. The molecule has 1 aromatic carbocycles. The first kappa shape index (κ1) is 23.6. The van der Waals surface area contributed by atoms with Crippen molar-refractivity contribution < 1.29 is 4.79 Å². The van der Waals surface area contributed by atoms with Gasteiger partial charge in [0.15, 0.2) is 5.43 Å². The number of carbonyl (C=O) groups is 1. The van der Waals surface area contributed by atoms with Crippen molar-refractivity contribution in [3.05, 3.63) is 115 Å². The lowest BCUT2D eigenvalue weighted by Gasteiger charge is -2.26. The highest BCUT2D eigenvalue weighted by Crippen LogP contribution is 2.25. The minimum atomic E-state index is -0.300. The third-order valence-corrected chi connectivity index (χ3v) is 7.16. The Balaban J connectivity index is 1.85. The lowest BCUT2D eigenvalue weighted by Crippen LogP contribution is -2.36. The maximum atomic E-state index is 13.8. The van der Waals surface area contributed by atoms with Crippen LogP contribution in [0.3, 0.4) is 0 Å². The Bertz CT molecular complexity index is 1350. The van der Waals surface area contributed by atoms with Gasteiger partial charge in [-0.15, -0.1) is 11.3 Å². The predicted octanol–water partition coefficient (Wildman–Crippen LogP) is 4.79. The zero-order valence-electron chi connectivity index (χ0n) is 19.9. The van der Waals surface area contributed by atoms with Crippen LogP contribution in [-0.2, 0) is 13.0 Å². The van der Waals surface area contributed by atoms with E-state index in [-0.39, 0.29) is 22.9 Å². The molecule has 1 amide bonds. The summed E-state index contributed by atoms with van der Waals surface area (Å²) >= 11 is 1.50. The molecule has 4 rings (SSSR count). The van der Waals surface area contributed by atoms with E-state index in [2.05, 4.69) is 9.97 Å². The van der Waals surface area contributed by atoms with E-state index >= 15 is 0 Å². The number of aromatic nitrogens is 3. The molecular weight excluding hydrogens is 444 g/mol. The van der Waals surface area contributed by atoms with Crippen molar-refractivity contribution >= 4 is 17.2 Å². The van der Waals surface area contributed by atoms with Crippen LogP contribution in [0.25, 0.3) is 0 Å². The number of pyridine rings is 2. The van der Waals surface area contributed by atoms with Gasteiger partial charge in [0.05, 0.1) is 18.3 Å². The first-order valence-corrected chi connectivity index (χ1v) is 12.1. The maximum absolute atomic E-state index is 13.8. The second kappa shape index (κ2) is 10.1. The van der Waals surface area contributed by atoms with Crippen molar-refractivity contribution in [2.24, 2.45) is 0 Å². The fourth-order valence-electron chi connectivity index (χ4n) is 4.06. The Kier molecular flexibility index (Phi) is 7.03. The lowest BCUT2D eigenvalue weighted by molar-refractivity contribution is 0.0739. The summed E-state index contributed by atoms with van der Waals surface area (Å²) in [5, 5.41) is 2.72. The highest BCUT2D eigenvalue weighted by Gasteiger charge is 2.27. The molecule has 0 saturated carbocycles. The van der Waals surface area contributed by atoms with E-state index in [1.807, 2.05) is 73.2 Å². The maximum Gasteiger partial charge on any atom is 0.259 e. The van der Waals surface area contributed by atoms with Crippen molar-refractivity contribution in [2.75, 3.05) is 7.05 Å². The number of nitrogens with zero attached hydrogens (tertiary/aromatic N) is 4. The number of hydrogen-bond donors (Lipinski definition) is 0. The molecule has 0 aliphatic heterocycles. The summed E-state index contributed by atoms with van der Waals surface area (Å²) in [6.45, 7) is 6.35. The summed E-state index contributed by atoms with van der Waals surface area (Å²) in [5.41, 5.74) is 4.50. The van der Waals surface area contributed by atoms with E-state index in [9.17, 15) is 9.59 Å². The van der Waals surface area contributed by atoms with Gasteiger partial charge >= 0.3 is 0 Å². The molecule has 0 unspecified atom stereocenters. The molecule has 3 aromatic heterocycles. The Hall–Kier alpha value is -3.58. The highest BCUT2D eigenvalue weighted by molar-refractivity contribution is 7.09. The summed E-state index contributed by atoms with van der Waals surface area (Å²) < 4.78 is 2.05. The minimum absolute atomic E-state index is 0.204. The van der Waals surface area contributed by atoms with Gasteiger partial charge in [0, 0.05) is 48.7 Å². The second-order valence-electron chi connectivity index (χ2n) is 8.44. The smallest absolute Gasteiger partial charge is 0.259 e. The van der Waals surface area contributed by atoms with Gasteiger partial charge in [-0.1, -0.05) is 30.3 Å². The zero-order chi connectivity index (χ0) is 24.2. The summed E-state index contributed by atoms with van der Waals surface area (Å²) in [4.78, 5) is 37.5. The number of carbonyl (C=O) groups excluding carboxylic acids is 1. The van der Waals surface area contributed by atoms with E-state index in [4.69, 9.17) is 0 Å². The van der Waals surface area contributed by atoms with Crippen LogP contribution in [0.5, 0.6) is 0 Å². The number of thiazole rings is 1. The standard InChI is InChI=1S/C27H28N4O2S/c1-18-9-5-6-10-21(18)16-23-25(27(33)30(4)20(3)26-29-13-14-34-26)24(32)15-19(2)31(23)17-22-11-7-8-12-28-22/h5-15,20H,16-17H2,1-4H3/t20-/m1/s1. The summed E-state index contributed by atoms with van der Waals surface area (Å²) in [6.07, 6.45) is 3.95. The minimum Gasteiger partial charge on any atom is -0.342 e. The van der Waals surface area contributed by atoms with Crippen LogP contribution in [0.1, 0.15) is 56.5 Å². The largest absolute Gasteiger partial charge is 0.342 e. The molecule has 0 bridgehead atoms. The molecule has 0 N–H and O–H groups in total. The zero-order valence-corrected chi connectivity index (χ0v) is 20.7. The predicted molar refractivity (Wildman–Crippen MR) is 135 cm³/mol. The third kappa shape index (κ3) is 4.84. The number of aryl methyl sites for hydroxylation is 2. The molecular formula is C27H28N4O2S. The molecule has 4 aromatic rings. The van der Waals surface area contributed by atoms with Crippen molar-refractivity contribution in [1.82, 2.24) is 19.4 Å². The molecule has 0 radical (unpaired) electrons. The molecule has 6 nitrogen and oxygen atoms in total. The monoisotopic (exact) mass is 472 g/mol. The molecule has 0 spiro atoms. The molecule has 3 heterocycles. The number of benzene rings is 1. The van der Waals surface area contributed by atoms with Crippen LogP contribution in [0.4, 0.5) is 0 Å². The topological polar surface area (TPSA) is 68.1 Å². The van der Waals surface area contributed by atoms with Gasteiger partial charge in [-0.3, -0.25) is 14.6 Å². The quantitative estimate of drug-likeness (QED) is 0.388. The summed E-state index contributed by atoms with van der Waals surface area (Å²) in [5.74, 6) is -0.300. The Labute approximate surface area is 203 Å². The van der Waals surface area contributed by atoms with Crippen molar-refractivity contribution in [2.45, 2.75) is 39.8 Å². The van der Waals surface area contributed by atoms with Crippen molar-refractivity contribution in [3.8, 4) is 0 Å². The normalized spacial score (nSPS) is 11.9. The van der Waals surface area contributed by atoms with Crippen LogP contribution in [-0.4, -0.2) is 32.4 Å². The Morgan fingerprint density at radius 1 is 1.09 bits per heavy atom. The summed E-state index contributed by atoms with van der Waals surface area (Å²) in [7, 11) is 1.73. The molecule has 0 fully saturated rings. The fourth-order valence-corrected chi connectivity index (χ4v) is 4.80. The van der Waals surface area contributed by atoms with E-state index in [1.54, 1.807) is 30.4 Å². The molecule has 0 aliphatic rings. The molecule has 1 atom stereocenters. The Morgan fingerprint density at radius 3 is 2.53 bits per heavy atom. The molecule has 7 heteroatoms. The fraction of sp³-hybridized carbons (Fsp3) is 0.259. The lowest BCUT2D eigenvalue weighted by atomic mass is 9.98. The number of amides is 1. The van der Waals surface area contributed by atoms with Gasteiger partial charge in [-0.05, 0) is 44.0 Å². The first-order valence-electron chi connectivity index (χ1n) is 11.2. The van der Waals surface area contributed by atoms with Crippen LogP contribution >= 0.6 is 11.3 Å². The molecule has 174 valence electrons. The SMILES string of the molecule is Cc1ccccc1Cc1c(C(=O)N(C)[C@H](C)c2nccs2)c(=O)cc(C)n1Cc1ccccn1. The average molecular weight is 473 g/mol. The van der Waals surface area contributed by atoms with Gasteiger partial charge in [-0.25, -0.2) is 4.98 Å².